The number of carbonyl (C=O) groups is 1. The molecule has 0 aliphatic carbocycles. The van der Waals surface area contributed by atoms with Gasteiger partial charge in [-0.15, -0.1) is 0 Å². The molecule has 0 aliphatic heterocycles. The Balaban J connectivity index is 2.09. The van der Waals surface area contributed by atoms with Crippen molar-refractivity contribution in [2.24, 2.45) is 5.10 Å². The summed E-state index contributed by atoms with van der Waals surface area (Å²) >= 11 is 0. The first kappa shape index (κ1) is 16.7. The van der Waals surface area contributed by atoms with Crippen LogP contribution in [0, 0.1) is 10.1 Å². The predicted octanol–water partition coefficient (Wildman–Crippen LogP) is 2.46. The Morgan fingerprint density at radius 3 is 2.67 bits per heavy atom. The second kappa shape index (κ2) is 7.58. The van der Waals surface area contributed by atoms with Crippen LogP contribution in [-0.4, -0.2) is 29.4 Å². The van der Waals surface area contributed by atoms with Crippen molar-refractivity contribution < 1.29 is 19.6 Å². The van der Waals surface area contributed by atoms with Gasteiger partial charge in [-0.25, -0.2) is 10.2 Å². The zero-order valence-corrected chi connectivity index (χ0v) is 12.6. The van der Waals surface area contributed by atoms with Crippen molar-refractivity contribution in [1.29, 1.82) is 0 Å². The van der Waals surface area contributed by atoms with Crippen molar-refractivity contribution in [3.8, 4) is 11.5 Å². The number of rotatable bonds is 5. The summed E-state index contributed by atoms with van der Waals surface area (Å²) in [6.07, 6.45) is 1.06. The number of carbonyl (C=O) groups excluding carboxylic acids is 1. The van der Waals surface area contributed by atoms with Crippen LogP contribution >= 0.6 is 0 Å². The highest BCUT2D eigenvalue weighted by Gasteiger charge is 2.17. The monoisotopic (exact) mass is 330 g/mol. The summed E-state index contributed by atoms with van der Waals surface area (Å²) in [7, 11) is 1.28. The fraction of sp³-hybridized carbons (Fsp3) is 0.0667. The summed E-state index contributed by atoms with van der Waals surface area (Å²) in [5, 5.41) is 26.9. The summed E-state index contributed by atoms with van der Waals surface area (Å²) in [6, 6.07) is 10.3. The predicted molar refractivity (Wildman–Crippen MR) is 87.5 cm³/mol. The summed E-state index contributed by atoms with van der Waals surface area (Å²) in [4.78, 5) is 22.1. The van der Waals surface area contributed by atoms with Gasteiger partial charge >= 0.3 is 6.03 Å². The second-order valence-corrected chi connectivity index (χ2v) is 4.53. The molecule has 2 aromatic carbocycles. The number of nitrogens with zero attached hydrogens (tertiary/aromatic N) is 2. The molecule has 9 nitrogen and oxygen atoms in total. The van der Waals surface area contributed by atoms with Crippen LogP contribution in [0.25, 0.3) is 0 Å². The van der Waals surface area contributed by atoms with Gasteiger partial charge in [0, 0.05) is 5.69 Å². The molecule has 0 saturated carbocycles. The highest BCUT2D eigenvalue weighted by atomic mass is 16.6. The molecule has 0 aromatic heterocycles. The van der Waals surface area contributed by atoms with Gasteiger partial charge in [0.05, 0.1) is 29.9 Å². The van der Waals surface area contributed by atoms with Crippen molar-refractivity contribution in [3.63, 3.8) is 0 Å². The number of hydrazone groups is 1. The lowest BCUT2D eigenvalue weighted by Crippen LogP contribution is -2.24. The van der Waals surface area contributed by atoms with E-state index in [9.17, 15) is 20.0 Å². The quantitative estimate of drug-likeness (QED) is 0.441. The van der Waals surface area contributed by atoms with Gasteiger partial charge in [-0.1, -0.05) is 18.2 Å². The number of nitrogens with one attached hydrogen (secondary N) is 2. The number of urea groups is 1. The molecule has 0 aliphatic rings. The standard InChI is InChI=1S/C15H14N4O5/c1-24-14-8-12(19(22)23)10(7-13(14)20)9-16-18-15(21)17-11-5-3-2-4-6-11/h2-9,20H,1H3,(H2,17,18,21)/b16-9+. The van der Waals surface area contributed by atoms with Crippen LogP contribution in [0.1, 0.15) is 5.56 Å². The van der Waals surface area contributed by atoms with Gasteiger partial charge in [0.1, 0.15) is 0 Å². The van der Waals surface area contributed by atoms with E-state index in [0.717, 1.165) is 18.3 Å². The number of benzene rings is 2. The van der Waals surface area contributed by atoms with E-state index in [1.165, 1.54) is 7.11 Å². The lowest BCUT2D eigenvalue weighted by Gasteiger charge is -2.05. The molecule has 0 bridgehead atoms. The Morgan fingerprint density at radius 1 is 1.33 bits per heavy atom. The van der Waals surface area contributed by atoms with Gasteiger partial charge in [0.25, 0.3) is 5.69 Å². The Kier molecular flexibility index (Phi) is 5.29. The van der Waals surface area contributed by atoms with Crippen molar-refractivity contribution >= 4 is 23.6 Å². The van der Waals surface area contributed by atoms with Crippen molar-refractivity contribution in [3.05, 3.63) is 58.1 Å². The summed E-state index contributed by atoms with van der Waals surface area (Å²) in [6.45, 7) is 0. The number of anilines is 1. The van der Waals surface area contributed by atoms with E-state index in [1.54, 1.807) is 30.3 Å². The second-order valence-electron chi connectivity index (χ2n) is 4.53. The van der Waals surface area contributed by atoms with Crippen LogP contribution in [0.5, 0.6) is 11.5 Å². The van der Waals surface area contributed by atoms with Gasteiger partial charge in [0.15, 0.2) is 11.5 Å². The molecule has 124 valence electrons. The zero-order chi connectivity index (χ0) is 17.5. The lowest BCUT2D eigenvalue weighted by atomic mass is 10.1. The van der Waals surface area contributed by atoms with E-state index in [0.29, 0.717) is 5.69 Å². The van der Waals surface area contributed by atoms with E-state index in [1.807, 2.05) is 0 Å². The van der Waals surface area contributed by atoms with Gasteiger partial charge < -0.3 is 15.2 Å². The van der Waals surface area contributed by atoms with Crippen molar-refractivity contribution in [2.75, 3.05) is 12.4 Å². The first-order chi connectivity index (χ1) is 11.5. The van der Waals surface area contributed by atoms with Crippen LogP contribution in [0.3, 0.4) is 0 Å². The topological polar surface area (TPSA) is 126 Å². The smallest absolute Gasteiger partial charge is 0.339 e. The third-order valence-corrected chi connectivity index (χ3v) is 2.93. The van der Waals surface area contributed by atoms with Gasteiger partial charge in [0.2, 0.25) is 0 Å². The number of aromatic hydroxyl groups is 1. The van der Waals surface area contributed by atoms with Crippen LogP contribution in [0.4, 0.5) is 16.2 Å². The molecule has 24 heavy (non-hydrogen) atoms. The van der Waals surface area contributed by atoms with Crippen LogP contribution in [0.15, 0.2) is 47.6 Å². The molecule has 3 N–H and O–H groups in total. The maximum atomic E-state index is 11.6. The van der Waals surface area contributed by atoms with Gasteiger partial charge in [-0.2, -0.15) is 5.10 Å². The number of para-hydroxylation sites is 1. The zero-order valence-electron chi connectivity index (χ0n) is 12.6. The molecule has 0 spiro atoms. The minimum Gasteiger partial charge on any atom is -0.504 e. The Labute approximate surface area is 136 Å². The highest BCUT2D eigenvalue weighted by molar-refractivity contribution is 5.91. The first-order valence-corrected chi connectivity index (χ1v) is 6.71. The van der Waals surface area contributed by atoms with E-state index in [4.69, 9.17) is 4.74 Å². The normalized spacial score (nSPS) is 10.4. The number of phenols is 1. The van der Waals surface area contributed by atoms with E-state index in [2.05, 4.69) is 15.8 Å². The largest absolute Gasteiger partial charge is 0.504 e. The van der Waals surface area contributed by atoms with Gasteiger partial charge in [-0.05, 0) is 18.2 Å². The molecular weight excluding hydrogens is 316 g/mol. The van der Waals surface area contributed by atoms with E-state index >= 15 is 0 Å². The number of amides is 2. The molecule has 0 fully saturated rings. The minimum atomic E-state index is -0.645. The number of nitro benzene ring substituents is 1. The van der Waals surface area contributed by atoms with Crippen LogP contribution < -0.4 is 15.5 Å². The van der Waals surface area contributed by atoms with Crippen molar-refractivity contribution in [2.45, 2.75) is 0 Å². The highest BCUT2D eigenvalue weighted by Crippen LogP contribution is 2.32. The average molecular weight is 330 g/mol. The Bertz CT molecular complexity index is 777. The number of ether oxygens (including phenoxy) is 1. The molecule has 0 unspecified atom stereocenters. The molecule has 2 aromatic rings. The van der Waals surface area contributed by atoms with Gasteiger partial charge in [-0.3, -0.25) is 10.1 Å². The third-order valence-electron chi connectivity index (χ3n) is 2.93. The summed E-state index contributed by atoms with van der Waals surface area (Å²) in [5.74, 6) is -0.313. The van der Waals surface area contributed by atoms with E-state index in [-0.39, 0.29) is 22.7 Å². The average Bonchev–Trinajstić information content (AvgIpc) is 2.55. The van der Waals surface area contributed by atoms with E-state index < -0.39 is 11.0 Å². The van der Waals surface area contributed by atoms with Crippen molar-refractivity contribution in [1.82, 2.24) is 5.43 Å². The molecule has 9 heteroatoms. The number of methoxy groups -OCH3 is 1. The fourth-order valence-electron chi connectivity index (χ4n) is 1.84. The third kappa shape index (κ3) is 4.19. The van der Waals surface area contributed by atoms with Crippen LogP contribution in [0.2, 0.25) is 0 Å². The fourth-order valence-corrected chi connectivity index (χ4v) is 1.84. The molecular formula is C15H14N4O5. The molecule has 0 saturated heterocycles. The number of phenolic OH excluding ortho intramolecular Hbond substituents is 1. The SMILES string of the molecule is COc1cc([N+](=O)[O-])c(/C=N/NC(=O)Nc2ccccc2)cc1O. The molecule has 0 heterocycles. The molecule has 2 rings (SSSR count). The summed E-state index contributed by atoms with van der Waals surface area (Å²) < 4.78 is 4.82. The Morgan fingerprint density at radius 2 is 2.04 bits per heavy atom. The number of nitro groups is 1. The number of hydrogen-bond acceptors (Lipinski definition) is 6. The molecule has 0 radical (unpaired) electrons. The molecule has 0 atom stereocenters. The molecule has 2 amide bonds. The number of hydrogen-bond donors (Lipinski definition) is 3. The van der Waals surface area contributed by atoms with Crippen LogP contribution in [-0.2, 0) is 0 Å². The summed E-state index contributed by atoms with van der Waals surface area (Å²) in [5.41, 5.74) is 2.44. The first-order valence-electron chi connectivity index (χ1n) is 6.71. The maximum Gasteiger partial charge on any atom is 0.339 e. The Hall–Kier alpha value is -3.62. The lowest BCUT2D eigenvalue weighted by molar-refractivity contribution is -0.385. The maximum absolute atomic E-state index is 11.6. The minimum absolute atomic E-state index is 0.0123.